The van der Waals surface area contributed by atoms with E-state index in [0.29, 0.717) is 6.04 Å². The van der Waals surface area contributed by atoms with Crippen LogP contribution in [0.4, 0.5) is 0 Å². The third-order valence-electron chi connectivity index (χ3n) is 2.88. The molecule has 1 fully saturated rings. The van der Waals surface area contributed by atoms with E-state index in [1.165, 1.54) is 19.4 Å². The highest BCUT2D eigenvalue weighted by atomic mass is 15.1. The zero-order chi connectivity index (χ0) is 9.68. The van der Waals surface area contributed by atoms with Crippen molar-refractivity contribution in [3.05, 3.63) is 12.7 Å². The molecular weight excluding hydrogens is 160 g/mol. The maximum absolute atomic E-state index is 3.75. The Morgan fingerprint density at radius 3 is 3.00 bits per heavy atom. The van der Waals surface area contributed by atoms with Crippen molar-refractivity contribution < 1.29 is 0 Å². The van der Waals surface area contributed by atoms with Gasteiger partial charge in [0.1, 0.15) is 0 Å². The molecule has 2 nitrogen and oxygen atoms in total. The van der Waals surface area contributed by atoms with Crippen LogP contribution >= 0.6 is 0 Å². The van der Waals surface area contributed by atoms with E-state index in [1.54, 1.807) is 0 Å². The van der Waals surface area contributed by atoms with E-state index in [4.69, 9.17) is 0 Å². The van der Waals surface area contributed by atoms with Gasteiger partial charge in [0.15, 0.2) is 0 Å². The molecule has 0 aromatic rings. The Bertz CT molecular complexity index is 156. The van der Waals surface area contributed by atoms with Crippen LogP contribution in [0.1, 0.15) is 19.8 Å². The lowest BCUT2D eigenvalue weighted by atomic mass is 9.92. The number of hydrogen-bond donors (Lipinski definition) is 1. The molecule has 0 radical (unpaired) electrons. The highest BCUT2D eigenvalue weighted by Crippen LogP contribution is 2.15. The van der Waals surface area contributed by atoms with Gasteiger partial charge in [-0.1, -0.05) is 13.0 Å². The molecule has 0 spiro atoms. The molecule has 0 saturated carbocycles. The fourth-order valence-electron chi connectivity index (χ4n) is 1.99. The SMILES string of the molecule is C=CCN(C)CC1NCCCC1C. The Balaban J connectivity index is 2.28. The van der Waals surface area contributed by atoms with E-state index in [1.807, 2.05) is 6.08 Å². The summed E-state index contributed by atoms with van der Waals surface area (Å²) in [6.45, 7) is 9.42. The first kappa shape index (κ1) is 10.7. The third kappa shape index (κ3) is 3.49. The summed E-state index contributed by atoms with van der Waals surface area (Å²) in [5.41, 5.74) is 0. The molecule has 1 heterocycles. The summed E-state index contributed by atoms with van der Waals surface area (Å²) in [6, 6.07) is 0.679. The van der Waals surface area contributed by atoms with E-state index >= 15 is 0 Å². The quantitative estimate of drug-likeness (QED) is 0.663. The molecule has 76 valence electrons. The topological polar surface area (TPSA) is 15.3 Å². The molecule has 0 aromatic heterocycles. The van der Waals surface area contributed by atoms with Gasteiger partial charge in [-0.3, -0.25) is 0 Å². The zero-order valence-electron chi connectivity index (χ0n) is 8.92. The van der Waals surface area contributed by atoms with Crippen molar-refractivity contribution in [3.63, 3.8) is 0 Å². The van der Waals surface area contributed by atoms with Crippen LogP contribution in [0.2, 0.25) is 0 Å². The monoisotopic (exact) mass is 182 g/mol. The van der Waals surface area contributed by atoms with Crippen molar-refractivity contribution in [2.24, 2.45) is 5.92 Å². The van der Waals surface area contributed by atoms with E-state index in [-0.39, 0.29) is 0 Å². The minimum absolute atomic E-state index is 0.679. The van der Waals surface area contributed by atoms with Gasteiger partial charge >= 0.3 is 0 Å². The van der Waals surface area contributed by atoms with Crippen LogP contribution in [0.15, 0.2) is 12.7 Å². The minimum atomic E-state index is 0.679. The smallest absolute Gasteiger partial charge is 0.0220 e. The van der Waals surface area contributed by atoms with Crippen molar-refractivity contribution in [3.8, 4) is 0 Å². The maximum Gasteiger partial charge on any atom is 0.0220 e. The van der Waals surface area contributed by atoms with E-state index in [2.05, 4.69) is 30.8 Å². The maximum atomic E-state index is 3.75. The Kier molecular flexibility index (Phi) is 4.46. The van der Waals surface area contributed by atoms with Gasteiger partial charge in [-0.2, -0.15) is 0 Å². The summed E-state index contributed by atoms with van der Waals surface area (Å²) < 4.78 is 0. The Labute approximate surface area is 82.0 Å². The Morgan fingerprint density at radius 2 is 2.38 bits per heavy atom. The molecule has 0 bridgehead atoms. The predicted molar refractivity (Wildman–Crippen MR) is 57.9 cm³/mol. The first-order valence-electron chi connectivity index (χ1n) is 5.27. The average Bonchev–Trinajstić information content (AvgIpc) is 2.09. The fourth-order valence-corrected chi connectivity index (χ4v) is 1.99. The van der Waals surface area contributed by atoms with Gasteiger partial charge in [-0.25, -0.2) is 0 Å². The van der Waals surface area contributed by atoms with Gasteiger partial charge in [0, 0.05) is 19.1 Å². The van der Waals surface area contributed by atoms with Gasteiger partial charge in [-0.15, -0.1) is 6.58 Å². The minimum Gasteiger partial charge on any atom is -0.312 e. The summed E-state index contributed by atoms with van der Waals surface area (Å²) >= 11 is 0. The molecule has 1 rings (SSSR count). The normalized spacial score (nSPS) is 29.2. The second-order valence-electron chi connectivity index (χ2n) is 4.19. The van der Waals surface area contributed by atoms with Crippen molar-refractivity contribution >= 4 is 0 Å². The van der Waals surface area contributed by atoms with Gasteiger partial charge in [0.25, 0.3) is 0 Å². The van der Waals surface area contributed by atoms with Gasteiger partial charge in [-0.05, 0) is 32.4 Å². The molecule has 0 amide bonds. The number of rotatable bonds is 4. The summed E-state index contributed by atoms with van der Waals surface area (Å²) in [7, 11) is 2.16. The summed E-state index contributed by atoms with van der Waals surface area (Å²) in [4.78, 5) is 2.33. The lowest BCUT2D eigenvalue weighted by molar-refractivity contribution is 0.227. The summed E-state index contributed by atoms with van der Waals surface area (Å²) in [5, 5.41) is 3.58. The zero-order valence-corrected chi connectivity index (χ0v) is 8.92. The molecule has 0 aromatic carbocycles. The van der Waals surface area contributed by atoms with Crippen LogP contribution in [0.5, 0.6) is 0 Å². The van der Waals surface area contributed by atoms with Crippen LogP contribution in [0.3, 0.4) is 0 Å². The second-order valence-corrected chi connectivity index (χ2v) is 4.19. The lowest BCUT2D eigenvalue weighted by Gasteiger charge is -2.32. The van der Waals surface area contributed by atoms with Gasteiger partial charge in [0.05, 0.1) is 0 Å². The molecule has 1 saturated heterocycles. The first-order valence-corrected chi connectivity index (χ1v) is 5.27. The molecule has 2 unspecified atom stereocenters. The highest BCUT2D eigenvalue weighted by molar-refractivity contribution is 4.82. The van der Waals surface area contributed by atoms with E-state index in [0.717, 1.165) is 19.0 Å². The number of nitrogens with one attached hydrogen (secondary N) is 1. The number of piperidine rings is 1. The van der Waals surface area contributed by atoms with E-state index < -0.39 is 0 Å². The molecule has 1 aliphatic heterocycles. The van der Waals surface area contributed by atoms with Crippen LogP contribution in [0, 0.1) is 5.92 Å². The van der Waals surface area contributed by atoms with Crippen LogP contribution < -0.4 is 5.32 Å². The Morgan fingerprint density at radius 1 is 1.62 bits per heavy atom. The molecule has 1 aliphatic rings. The highest BCUT2D eigenvalue weighted by Gasteiger charge is 2.21. The third-order valence-corrected chi connectivity index (χ3v) is 2.88. The van der Waals surface area contributed by atoms with Crippen molar-refractivity contribution in [1.82, 2.24) is 10.2 Å². The van der Waals surface area contributed by atoms with Crippen LogP contribution in [-0.2, 0) is 0 Å². The predicted octanol–water partition coefficient (Wildman–Crippen LogP) is 1.49. The second kappa shape index (κ2) is 5.40. The number of nitrogens with zero attached hydrogens (tertiary/aromatic N) is 1. The van der Waals surface area contributed by atoms with Crippen LogP contribution in [0.25, 0.3) is 0 Å². The molecule has 2 heteroatoms. The van der Waals surface area contributed by atoms with Crippen molar-refractivity contribution in [2.75, 3.05) is 26.7 Å². The standard InChI is InChI=1S/C11H22N2/c1-4-8-13(3)9-11-10(2)6-5-7-12-11/h4,10-12H,1,5-9H2,2-3H3. The molecule has 0 aliphatic carbocycles. The molecular formula is C11H22N2. The lowest BCUT2D eigenvalue weighted by Crippen LogP contribution is -2.47. The molecule has 2 atom stereocenters. The summed E-state index contributed by atoms with van der Waals surface area (Å²) in [6.07, 6.45) is 4.68. The van der Waals surface area contributed by atoms with Crippen LogP contribution in [-0.4, -0.2) is 37.6 Å². The van der Waals surface area contributed by atoms with E-state index in [9.17, 15) is 0 Å². The molecule has 1 N–H and O–H groups in total. The van der Waals surface area contributed by atoms with Gasteiger partial charge < -0.3 is 10.2 Å². The largest absolute Gasteiger partial charge is 0.312 e. The van der Waals surface area contributed by atoms with Gasteiger partial charge in [0.2, 0.25) is 0 Å². The number of hydrogen-bond acceptors (Lipinski definition) is 2. The van der Waals surface area contributed by atoms with Crippen molar-refractivity contribution in [2.45, 2.75) is 25.8 Å². The Hall–Kier alpha value is -0.340. The fraction of sp³-hybridized carbons (Fsp3) is 0.818. The van der Waals surface area contributed by atoms with Crippen molar-refractivity contribution in [1.29, 1.82) is 0 Å². The average molecular weight is 182 g/mol. The molecule has 13 heavy (non-hydrogen) atoms. The summed E-state index contributed by atoms with van der Waals surface area (Å²) in [5.74, 6) is 0.820. The first-order chi connectivity index (χ1) is 6.24. The number of likely N-dealkylation sites (N-methyl/N-ethyl adjacent to an activating group) is 1.